The van der Waals surface area contributed by atoms with E-state index in [1.165, 1.54) is 38.5 Å². The molecule has 2 atom stereocenters. The van der Waals surface area contributed by atoms with Crippen LogP contribution in [-0.2, 0) is 0 Å². The van der Waals surface area contributed by atoms with E-state index in [4.69, 9.17) is 0 Å². The van der Waals surface area contributed by atoms with Gasteiger partial charge in [0.1, 0.15) is 0 Å². The Morgan fingerprint density at radius 3 is 2.48 bits per heavy atom. The Balaban J connectivity index is 0.00000400. The van der Waals surface area contributed by atoms with Crippen LogP contribution in [0.15, 0.2) is 4.99 Å². The number of hydrogen-bond acceptors (Lipinski definition) is 2. The van der Waals surface area contributed by atoms with Gasteiger partial charge in [0.05, 0.1) is 0 Å². The van der Waals surface area contributed by atoms with Gasteiger partial charge in [-0.05, 0) is 40.2 Å². The largest absolute Gasteiger partial charge is 0.355 e. The highest BCUT2D eigenvalue weighted by molar-refractivity contribution is 14.0. The van der Waals surface area contributed by atoms with Gasteiger partial charge in [-0.15, -0.1) is 24.0 Å². The highest BCUT2D eigenvalue weighted by Crippen LogP contribution is 2.26. The molecule has 0 heterocycles. The zero-order valence-corrected chi connectivity index (χ0v) is 16.8. The van der Waals surface area contributed by atoms with Crippen LogP contribution in [0.2, 0.25) is 0 Å². The van der Waals surface area contributed by atoms with Gasteiger partial charge < -0.3 is 10.6 Å². The van der Waals surface area contributed by atoms with Gasteiger partial charge in [0, 0.05) is 31.7 Å². The molecule has 1 rings (SSSR count). The molecule has 5 heteroatoms. The fraction of sp³-hybridized carbons (Fsp3) is 0.938. The van der Waals surface area contributed by atoms with Crippen molar-refractivity contribution in [2.45, 2.75) is 77.4 Å². The molecule has 0 radical (unpaired) electrons. The van der Waals surface area contributed by atoms with Crippen LogP contribution in [0.25, 0.3) is 0 Å². The van der Waals surface area contributed by atoms with Gasteiger partial charge in [-0.2, -0.15) is 0 Å². The first kappa shape index (κ1) is 21.0. The minimum Gasteiger partial charge on any atom is -0.355 e. The quantitative estimate of drug-likeness (QED) is 0.265. The lowest BCUT2D eigenvalue weighted by Crippen LogP contribution is -2.47. The minimum absolute atomic E-state index is 0. The number of halogens is 1. The van der Waals surface area contributed by atoms with E-state index in [0.29, 0.717) is 12.1 Å². The normalized spacial score (nSPS) is 18.1. The molecule has 0 aromatic rings. The number of nitrogens with zero attached hydrogens (tertiary/aromatic N) is 2. The number of rotatable bonds is 9. The Kier molecular flexibility index (Phi) is 11.5. The fourth-order valence-electron chi connectivity index (χ4n) is 2.43. The van der Waals surface area contributed by atoms with Gasteiger partial charge in [0.2, 0.25) is 0 Å². The van der Waals surface area contributed by atoms with Crippen molar-refractivity contribution in [1.29, 1.82) is 0 Å². The number of guanidine groups is 1. The molecule has 1 fully saturated rings. The van der Waals surface area contributed by atoms with Gasteiger partial charge in [-0.3, -0.25) is 9.89 Å². The summed E-state index contributed by atoms with van der Waals surface area (Å²) >= 11 is 0. The predicted octanol–water partition coefficient (Wildman–Crippen LogP) is 3.22. The molecular formula is C16H35IN4. The topological polar surface area (TPSA) is 39.7 Å². The third-order valence-corrected chi connectivity index (χ3v) is 4.23. The molecule has 0 bridgehead atoms. The molecule has 0 aromatic heterocycles. The SMILES string of the molecule is CCCCCC(C)NC(=NC)NCC(C)N(C)C1CC1.I. The summed E-state index contributed by atoms with van der Waals surface area (Å²) in [5.74, 6) is 0.935. The third kappa shape index (κ3) is 8.86. The average Bonchev–Trinajstić information content (AvgIpc) is 3.27. The van der Waals surface area contributed by atoms with Gasteiger partial charge >= 0.3 is 0 Å². The second kappa shape index (κ2) is 11.5. The summed E-state index contributed by atoms with van der Waals surface area (Å²) in [6, 6.07) is 1.86. The van der Waals surface area contributed by atoms with Crippen molar-refractivity contribution in [3.8, 4) is 0 Å². The molecule has 0 aromatic carbocycles. The summed E-state index contributed by atoms with van der Waals surface area (Å²) in [4.78, 5) is 6.80. The van der Waals surface area contributed by atoms with Crippen LogP contribution in [0.1, 0.15) is 59.3 Å². The molecule has 1 aliphatic rings. The van der Waals surface area contributed by atoms with E-state index >= 15 is 0 Å². The first-order chi connectivity index (χ1) is 9.58. The number of hydrogen-bond donors (Lipinski definition) is 2. The average molecular weight is 410 g/mol. The molecule has 2 unspecified atom stereocenters. The van der Waals surface area contributed by atoms with Crippen LogP contribution in [-0.4, -0.2) is 49.6 Å². The van der Waals surface area contributed by atoms with Crippen molar-refractivity contribution in [1.82, 2.24) is 15.5 Å². The molecule has 4 nitrogen and oxygen atoms in total. The molecule has 21 heavy (non-hydrogen) atoms. The van der Waals surface area contributed by atoms with Crippen molar-refractivity contribution >= 4 is 29.9 Å². The van der Waals surface area contributed by atoms with E-state index < -0.39 is 0 Å². The smallest absolute Gasteiger partial charge is 0.191 e. The van der Waals surface area contributed by atoms with Crippen LogP contribution in [0.3, 0.4) is 0 Å². The van der Waals surface area contributed by atoms with Gasteiger partial charge in [-0.1, -0.05) is 26.2 Å². The highest BCUT2D eigenvalue weighted by atomic mass is 127. The van der Waals surface area contributed by atoms with E-state index in [-0.39, 0.29) is 24.0 Å². The Bertz CT molecular complexity index is 292. The molecule has 1 saturated carbocycles. The monoisotopic (exact) mass is 410 g/mol. The van der Waals surface area contributed by atoms with E-state index in [1.54, 1.807) is 0 Å². The maximum absolute atomic E-state index is 4.32. The summed E-state index contributed by atoms with van der Waals surface area (Å²) in [7, 11) is 4.08. The van der Waals surface area contributed by atoms with Crippen LogP contribution in [0.5, 0.6) is 0 Å². The van der Waals surface area contributed by atoms with Crippen LogP contribution >= 0.6 is 24.0 Å². The molecule has 2 N–H and O–H groups in total. The molecule has 0 amide bonds. The Morgan fingerprint density at radius 1 is 1.29 bits per heavy atom. The first-order valence-corrected chi connectivity index (χ1v) is 8.27. The van der Waals surface area contributed by atoms with Crippen molar-refractivity contribution < 1.29 is 0 Å². The van der Waals surface area contributed by atoms with Crippen molar-refractivity contribution in [2.75, 3.05) is 20.6 Å². The molecule has 0 spiro atoms. The van der Waals surface area contributed by atoms with Crippen LogP contribution in [0, 0.1) is 0 Å². The third-order valence-electron chi connectivity index (χ3n) is 4.23. The zero-order chi connectivity index (χ0) is 15.0. The lowest BCUT2D eigenvalue weighted by molar-refractivity contribution is 0.247. The van der Waals surface area contributed by atoms with Crippen LogP contribution < -0.4 is 10.6 Å². The highest BCUT2D eigenvalue weighted by Gasteiger charge is 2.28. The Labute approximate surface area is 148 Å². The molecule has 0 saturated heterocycles. The van der Waals surface area contributed by atoms with E-state index in [9.17, 15) is 0 Å². The lowest BCUT2D eigenvalue weighted by atomic mass is 10.1. The lowest BCUT2D eigenvalue weighted by Gasteiger charge is -2.26. The van der Waals surface area contributed by atoms with Crippen molar-refractivity contribution in [2.24, 2.45) is 4.99 Å². The summed E-state index contributed by atoms with van der Waals surface area (Å²) in [6.07, 6.45) is 7.84. The van der Waals surface area contributed by atoms with Crippen molar-refractivity contribution in [3.63, 3.8) is 0 Å². The second-order valence-corrected chi connectivity index (χ2v) is 6.24. The first-order valence-electron chi connectivity index (χ1n) is 8.27. The van der Waals surface area contributed by atoms with Gasteiger partial charge in [-0.25, -0.2) is 0 Å². The summed E-state index contributed by atoms with van der Waals surface area (Å²) in [5, 5.41) is 6.94. The van der Waals surface area contributed by atoms with Gasteiger partial charge in [0.25, 0.3) is 0 Å². The number of nitrogens with one attached hydrogen (secondary N) is 2. The summed E-state index contributed by atoms with van der Waals surface area (Å²) < 4.78 is 0. The summed E-state index contributed by atoms with van der Waals surface area (Å²) in [5.41, 5.74) is 0. The molecular weight excluding hydrogens is 375 g/mol. The van der Waals surface area contributed by atoms with E-state index in [0.717, 1.165) is 18.5 Å². The maximum Gasteiger partial charge on any atom is 0.191 e. The Hall–Kier alpha value is -0.0400. The predicted molar refractivity (Wildman–Crippen MR) is 104 cm³/mol. The number of aliphatic imine (C=N–C) groups is 1. The fourth-order valence-corrected chi connectivity index (χ4v) is 2.43. The summed E-state index contributed by atoms with van der Waals surface area (Å²) in [6.45, 7) is 7.72. The van der Waals surface area contributed by atoms with Gasteiger partial charge in [0.15, 0.2) is 5.96 Å². The number of likely N-dealkylation sites (N-methyl/N-ethyl adjacent to an activating group) is 1. The second-order valence-electron chi connectivity index (χ2n) is 6.24. The standard InChI is InChI=1S/C16H34N4.HI/c1-6-7-8-9-13(2)19-16(17-4)18-12-14(3)20(5)15-10-11-15;/h13-15H,6-12H2,1-5H3,(H2,17,18,19);1H. The number of unbranched alkanes of at least 4 members (excludes halogenated alkanes) is 2. The van der Waals surface area contributed by atoms with Crippen molar-refractivity contribution in [3.05, 3.63) is 0 Å². The zero-order valence-electron chi connectivity index (χ0n) is 14.5. The van der Waals surface area contributed by atoms with E-state index in [2.05, 4.69) is 48.3 Å². The molecule has 126 valence electrons. The van der Waals surface area contributed by atoms with E-state index in [1.807, 2.05) is 7.05 Å². The molecule has 0 aliphatic heterocycles. The minimum atomic E-state index is 0. The molecule has 1 aliphatic carbocycles. The maximum atomic E-state index is 4.32. The Morgan fingerprint density at radius 2 is 1.95 bits per heavy atom. The van der Waals surface area contributed by atoms with Crippen LogP contribution in [0.4, 0.5) is 0 Å².